The van der Waals surface area contributed by atoms with Crippen molar-refractivity contribution in [1.29, 1.82) is 0 Å². The summed E-state index contributed by atoms with van der Waals surface area (Å²) in [4.78, 5) is 33.2. The van der Waals surface area contributed by atoms with E-state index in [0.717, 1.165) is 36.3 Å². The summed E-state index contributed by atoms with van der Waals surface area (Å²) in [5.74, 6) is -0.501. The monoisotopic (exact) mass is 426 g/mol. The van der Waals surface area contributed by atoms with Crippen molar-refractivity contribution in [1.82, 2.24) is 14.8 Å². The number of amides is 2. The van der Waals surface area contributed by atoms with Crippen LogP contribution in [0.15, 0.2) is 30.5 Å². The van der Waals surface area contributed by atoms with Crippen LogP contribution in [0.3, 0.4) is 0 Å². The zero-order valence-electron chi connectivity index (χ0n) is 18.7. The second kappa shape index (κ2) is 10.0. The minimum atomic E-state index is -0.386. The first-order chi connectivity index (χ1) is 14.8. The van der Waals surface area contributed by atoms with E-state index in [1.165, 1.54) is 18.3 Å². The number of carbonyl (C=O) groups excluding carboxylic acids is 2. The number of hydrogen-bond acceptors (Lipinski definition) is 4. The fourth-order valence-corrected chi connectivity index (χ4v) is 3.97. The summed E-state index contributed by atoms with van der Waals surface area (Å²) in [5, 5.41) is 2.82. The smallest absolute Gasteiger partial charge is 0.257 e. The lowest BCUT2D eigenvalue weighted by atomic mass is 10.0. The van der Waals surface area contributed by atoms with Crippen LogP contribution < -0.4 is 5.32 Å². The lowest BCUT2D eigenvalue weighted by Gasteiger charge is -2.40. The SMILES string of the molecule is CCCC(=O)N1CCN(Cc2cc(F)cc(NC(=O)c3ccc(C)nc3)c2C)CC1C. The van der Waals surface area contributed by atoms with Gasteiger partial charge < -0.3 is 10.2 Å². The van der Waals surface area contributed by atoms with Gasteiger partial charge in [-0.1, -0.05) is 6.92 Å². The molecule has 1 unspecified atom stereocenters. The Morgan fingerprint density at radius 1 is 1.23 bits per heavy atom. The Morgan fingerprint density at radius 2 is 2.00 bits per heavy atom. The number of hydrogen-bond donors (Lipinski definition) is 1. The van der Waals surface area contributed by atoms with Crippen LogP contribution in [-0.4, -0.2) is 52.3 Å². The maximum Gasteiger partial charge on any atom is 0.257 e. The van der Waals surface area contributed by atoms with Gasteiger partial charge in [0.05, 0.1) is 5.56 Å². The molecule has 2 amide bonds. The maximum atomic E-state index is 14.4. The third-order valence-electron chi connectivity index (χ3n) is 5.79. The van der Waals surface area contributed by atoms with E-state index in [4.69, 9.17) is 0 Å². The topological polar surface area (TPSA) is 65.5 Å². The summed E-state index contributed by atoms with van der Waals surface area (Å²) in [7, 11) is 0. The molecule has 1 N–H and O–H groups in total. The Morgan fingerprint density at radius 3 is 2.65 bits per heavy atom. The number of piperazine rings is 1. The second-order valence-corrected chi connectivity index (χ2v) is 8.30. The molecule has 1 fully saturated rings. The molecule has 2 aromatic rings. The summed E-state index contributed by atoms with van der Waals surface area (Å²) < 4.78 is 14.4. The number of aryl methyl sites for hydroxylation is 1. The molecular weight excluding hydrogens is 395 g/mol. The number of halogens is 1. The summed E-state index contributed by atoms with van der Waals surface area (Å²) in [5.41, 5.74) is 3.39. The molecule has 1 aromatic heterocycles. The molecule has 7 heteroatoms. The number of benzene rings is 1. The van der Waals surface area contributed by atoms with Crippen LogP contribution in [0.4, 0.5) is 10.1 Å². The Balaban J connectivity index is 1.70. The average molecular weight is 427 g/mol. The fraction of sp³-hybridized carbons (Fsp3) is 0.458. The molecule has 3 rings (SSSR count). The van der Waals surface area contributed by atoms with Crippen molar-refractivity contribution in [2.75, 3.05) is 25.0 Å². The van der Waals surface area contributed by atoms with Gasteiger partial charge in [0.15, 0.2) is 0 Å². The third-order valence-corrected chi connectivity index (χ3v) is 5.79. The van der Waals surface area contributed by atoms with E-state index in [0.29, 0.717) is 30.8 Å². The number of nitrogens with one attached hydrogen (secondary N) is 1. The summed E-state index contributed by atoms with van der Waals surface area (Å²) in [6, 6.07) is 6.47. The summed E-state index contributed by atoms with van der Waals surface area (Å²) in [6.45, 7) is 10.5. The molecule has 0 bridgehead atoms. The standard InChI is InChI=1S/C24H31FN4O2/c1-5-6-23(30)29-10-9-28(14-17(29)3)15-20-11-21(25)12-22(18(20)4)27-24(31)19-8-7-16(2)26-13-19/h7-8,11-13,17H,5-6,9-10,14-15H2,1-4H3,(H,27,31). The number of nitrogens with zero attached hydrogens (tertiary/aromatic N) is 3. The molecule has 0 radical (unpaired) electrons. The van der Waals surface area contributed by atoms with Gasteiger partial charge in [-0.15, -0.1) is 0 Å². The van der Waals surface area contributed by atoms with Crippen LogP contribution in [0.5, 0.6) is 0 Å². The van der Waals surface area contributed by atoms with E-state index < -0.39 is 0 Å². The number of pyridine rings is 1. The van der Waals surface area contributed by atoms with Crippen molar-refractivity contribution in [2.24, 2.45) is 0 Å². The van der Waals surface area contributed by atoms with Gasteiger partial charge in [0, 0.05) is 56.2 Å². The van der Waals surface area contributed by atoms with Gasteiger partial charge in [0.2, 0.25) is 5.91 Å². The highest BCUT2D eigenvalue weighted by Crippen LogP contribution is 2.24. The summed E-state index contributed by atoms with van der Waals surface area (Å²) >= 11 is 0. The zero-order valence-corrected chi connectivity index (χ0v) is 18.7. The first-order valence-corrected chi connectivity index (χ1v) is 10.8. The van der Waals surface area contributed by atoms with Crippen LogP contribution in [0.25, 0.3) is 0 Å². The van der Waals surface area contributed by atoms with Crippen LogP contribution in [-0.2, 0) is 11.3 Å². The Hall–Kier alpha value is -2.80. The largest absolute Gasteiger partial charge is 0.337 e. The minimum Gasteiger partial charge on any atom is -0.337 e. The minimum absolute atomic E-state index is 0.120. The second-order valence-electron chi connectivity index (χ2n) is 8.30. The van der Waals surface area contributed by atoms with Gasteiger partial charge in [-0.3, -0.25) is 19.5 Å². The molecule has 0 saturated carbocycles. The molecule has 166 valence electrons. The molecule has 2 heterocycles. The van der Waals surface area contributed by atoms with Crippen LogP contribution >= 0.6 is 0 Å². The van der Waals surface area contributed by atoms with Crippen molar-refractivity contribution in [3.8, 4) is 0 Å². The molecule has 1 aromatic carbocycles. The Labute approximate surface area is 183 Å². The summed E-state index contributed by atoms with van der Waals surface area (Å²) in [6.07, 6.45) is 2.94. The van der Waals surface area contributed by atoms with Gasteiger partial charge in [0.1, 0.15) is 5.82 Å². The highest BCUT2D eigenvalue weighted by Gasteiger charge is 2.27. The maximum absolute atomic E-state index is 14.4. The van der Waals surface area contributed by atoms with Crippen LogP contribution in [0.1, 0.15) is 53.9 Å². The molecule has 0 spiro atoms. The van der Waals surface area contributed by atoms with Crippen molar-refractivity contribution >= 4 is 17.5 Å². The third kappa shape index (κ3) is 5.67. The number of rotatable bonds is 6. The highest BCUT2D eigenvalue weighted by atomic mass is 19.1. The zero-order chi connectivity index (χ0) is 22.5. The van der Waals surface area contributed by atoms with Crippen molar-refractivity contribution < 1.29 is 14.0 Å². The predicted molar refractivity (Wildman–Crippen MR) is 119 cm³/mol. The van der Waals surface area contributed by atoms with Gasteiger partial charge >= 0.3 is 0 Å². The Kier molecular flexibility index (Phi) is 7.38. The molecule has 1 atom stereocenters. The molecule has 1 saturated heterocycles. The molecular formula is C24H31FN4O2. The molecule has 1 aliphatic heterocycles. The lowest BCUT2D eigenvalue weighted by molar-refractivity contribution is -0.135. The molecule has 31 heavy (non-hydrogen) atoms. The van der Waals surface area contributed by atoms with E-state index in [1.807, 2.05) is 25.7 Å². The van der Waals surface area contributed by atoms with Gasteiger partial charge in [-0.2, -0.15) is 0 Å². The normalized spacial score (nSPS) is 16.9. The van der Waals surface area contributed by atoms with Gasteiger partial charge in [0.25, 0.3) is 5.91 Å². The van der Waals surface area contributed by atoms with Crippen molar-refractivity contribution in [2.45, 2.75) is 53.1 Å². The van der Waals surface area contributed by atoms with E-state index in [-0.39, 0.29) is 23.7 Å². The van der Waals surface area contributed by atoms with Crippen LogP contribution in [0, 0.1) is 19.7 Å². The Bertz CT molecular complexity index is 945. The van der Waals surface area contributed by atoms with Gasteiger partial charge in [-0.05, 0) is 62.6 Å². The first-order valence-electron chi connectivity index (χ1n) is 10.8. The van der Waals surface area contributed by atoms with E-state index in [9.17, 15) is 14.0 Å². The highest BCUT2D eigenvalue weighted by molar-refractivity contribution is 6.04. The van der Waals surface area contributed by atoms with Crippen molar-refractivity contribution in [3.05, 3.63) is 58.7 Å². The number of aromatic nitrogens is 1. The first kappa shape index (κ1) is 22.9. The molecule has 6 nitrogen and oxygen atoms in total. The molecule has 1 aliphatic rings. The van der Waals surface area contributed by atoms with E-state index in [2.05, 4.69) is 22.1 Å². The van der Waals surface area contributed by atoms with E-state index in [1.54, 1.807) is 12.1 Å². The number of carbonyl (C=O) groups is 2. The van der Waals surface area contributed by atoms with Crippen LogP contribution in [0.2, 0.25) is 0 Å². The van der Waals surface area contributed by atoms with Crippen molar-refractivity contribution in [3.63, 3.8) is 0 Å². The fourth-order valence-electron chi connectivity index (χ4n) is 3.97. The molecule has 0 aliphatic carbocycles. The average Bonchev–Trinajstić information content (AvgIpc) is 2.72. The lowest BCUT2D eigenvalue weighted by Crippen LogP contribution is -2.53. The quantitative estimate of drug-likeness (QED) is 0.760. The van der Waals surface area contributed by atoms with Gasteiger partial charge in [-0.25, -0.2) is 4.39 Å². The van der Waals surface area contributed by atoms with E-state index >= 15 is 0 Å². The predicted octanol–water partition coefficient (Wildman–Crippen LogP) is 3.92. The number of anilines is 1.